The van der Waals surface area contributed by atoms with Crippen LogP contribution in [0.2, 0.25) is 0 Å². The zero-order valence-corrected chi connectivity index (χ0v) is 19.3. The second-order valence-electron chi connectivity index (χ2n) is 7.45. The number of hydrogen-bond donors (Lipinski definition) is 1. The van der Waals surface area contributed by atoms with Crippen LogP contribution in [0.4, 0.5) is 11.4 Å². The van der Waals surface area contributed by atoms with Crippen LogP contribution in [0.1, 0.15) is 35.7 Å². The second-order valence-corrected chi connectivity index (χ2v) is 8.37. The molecule has 0 aliphatic carbocycles. The Hall–Kier alpha value is -3.12. The van der Waals surface area contributed by atoms with Crippen LogP contribution in [0.25, 0.3) is 0 Å². The molecule has 0 fully saturated rings. The van der Waals surface area contributed by atoms with Crippen molar-refractivity contribution in [1.29, 1.82) is 0 Å². The van der Waals surface area contributed by atoms with Crippen molar-refractivity contribution in [3.8, 4) is 5.75 Å². The zero-order valence-electron chi connectivity index (χ0n) is 17.8. The predicted octanol–water partition coefficient (Wildman–Crippen LogP) is 5.87. The molecule has 0 saturated heterocycles. The summed E-state index contributed by atoms with van der Waals surface area (Å²) in [6.45, 7) is 4.02. The lowest BCUT2D eigenvalue weighted by molar-refractivity contribution is -0.118. The number of amides is 2. The molecule has 0 spiro atoms. The standard InChI is InChI=1S/C25H25BrN2O3/c1-17(2)22-15-19(26)12-13-23(22)31-16-24(29)27-20-9-7-8-18(14-20)25(30)28(3)21-10-5-4-6-11-21/h4-15,17H,16H2,1-3H3,(H,27,29). The van der Waals surface area contributed by atoms with Crippen LogP contribution in [0, 0.1) is 0 Å². The SMILES string of the molecule is CC(C)c1cc(Br)ccc1OCC(=O)Nc1cccc(C(=O)N(C)c2ccccc2)c1. The Morgan fingerprint density at radius 3 is 2.45 bits per heavy atom. The molecule has 6 heteroatoms. The molecule has 0 radical (unpaired) electrons. The quantitative estimate of drug-likeness (QED) is 0.460. The van der Waals surface area contributed by atoms with Gasteiger partial charge < -0.3 is 15.0 Å². The minimum Gasteiger partial charge on any atom is -0.483 e. The largest absolute Gasteiger partial charge is 0.483 e. The van der Waals surface area contributed by atoms with Gasteiger partial charge in [0.1, 0.15) is 5.75 Å². The van der Waals surface area contributed by atoms with Gasteiger partial charge in [0.15, 0.2) is 6.61 Å². The van der Waals surface area contributed by atoms with Crippen LogP contribution in [0.5, 0.6) is 5.75 Å². The molecule has 5 nitrogen and oxygen atoms in total. The van der Waals surface area contributed by atoms with Crippen LogP contribution in [0.3, 0.4) is 0 Å². The first-order valence-corrected chi connectivity index (χ1v) is 10.8. The number of benzene rings is 3. The maximum atomic E-state index is 12.8. The van der Waals surface area contributed by atoms with E-state index in [0.29, 0.717) is 17.0 Å². The van der Waals surface area contributed by atoms with E-state index >= 15 is 0 Å². The number of carbonyl (C=O) groups excluding carboxylic acids is 2. The van der Waals surface area contributed by atoms with Gasteiger partial charge in [-0.15, -0.1) is 0 Å². The number of anilines is 2. The summed E-state index contributed by atoms with van der Waals surface area (Å²) in [4.78, 5) is 26.8. The van der Waals surface area contributed by atoms with Crippen molar-refractivity contribution in [2.45, 2.75) is 19.8 Å². The van der Waals surface area contributed by atoms with Crippen molar-refractivity contribution >= 4 is 39.1 Å². The number of ether oxygens (including phenoxy) is 1. The lowest BCUT2D eigenvalue weighted by Crippen LogP contribution is -2.26. The van der Waals surface area contributed by atoms with Crippen LogP contribution in [0.15, 0.2) is 77.3 Å². The van der Waals surface area contributed by atoms with E-state index in [1.165, 1.54) is 0 Å². The molecule has 3 rings (SSSR count). The molecule has 3 aromatic carbocycles. The number of nitrogens with zero attached hydrogens (tertiary/aromatic N) is 1. The second kappa shape index (κ2) is 10.3. The Labute approximate surface area is 191 Å². The topological polar surface area (TPSA) is 58.6 Å². The summed E-state index contributed by atoms with van der Waals surface area (Å²) in [7, 11) is 1.72. The van der Waals surface area contributed by atoms with Crippen molar-refractivity contribution in [2.24, 2.45) is 0 Å². The molecule has 1 N–H and O–H groups in total. The molecule has 160 valence electrons. The molecule has 31 heavy (non-hydrogen) atoms. The van der Waals surface area contributed by atoms with E-state index in [2.05, 4.69) is 35.1 Å². The van der Waals surface area contributed by atoms with Gasteiger partial charge in [0, 0.05) is 28.5 Å². The lowest BCUT2D eigenvalue weighted by atomic mass is 10.0. The molecule has 2 amide bonds. The summed E-state index contributed by atoms with van der Waals surface area (Å²) < 4.78 is 6.72. The average molecular weight is 481 g/mol. The number of hydrogen-bond acceptors (Lipinski definition) is 3. The number of rotatable bonds is 7. The Morgan fingerprint density at radius 1 is 1.00 bits per heavy atom. The fourth-order valence-electron chi connectivity index (χ4n) is 3.13. The Morgan fingerprint density at radius 2 is 1.74 bits per heavy atom. The summed E-state index contributed by atoms with van der Waals surface area (Å²) in [5, 5.41) is 2.80. The van der Waals surface area contributed by atoms with Gasteiger partial charge in [-0.3, -0.25) is 9.59 Å². The lowest BCUT2D eigenvalue weighted by Gasteiger charge is -2.18. The van der Waals surface area contributed by atoms with E-state index in [4.69, 9.17) is 4.74 Å². The zero-order chi connectivity index (χ0) is 22.4. The Balaban J connectivity index is 1.65. The first kappa shape index (κ1) is 22.6. The highest BCUT2D eigenvalue weighted by atomic mass is 79.9. The summed E-state index contributed by atoms with van der Waals surface area (Å²) in [6.07, 6.45) is 0. The molecule has 0 atom stereocenters. The molecule has 0 aliphatic rings. The van der Waals surface area contributed by atoms with E-state index in [9.17, 15) is 9.59 Å². The molecule has 0 heterocycles. The first-order chi connectivity index (χ1) is 14.8. The Kier molecular flexibility index (Phi) is 7.47. The van der Waals surface area contributed by atoms with Gasteiger partial charge in [0.05, 0.1) is 0 Å². The highest BCUT2D eigenvalue weighted by Gasteiger charge is 2.15. The van der Waals surface area contributed by atoms with Crippen molar-refractivity contribution in [3.63, 3.8) is 0 Å². The number of nitrogens with one attached hydrogen (secondary N) is 1. The van der Waals surface area contributed by atoms with Crippen LogP contribution in [-0.4, -0.2) is 25.5 Å². The molecular weight excluding hydrogens is 456 g/mol. The van der Waals surface area contributed by atoms with E-state index < -0.39 is 0 Å². The van der Waals surface area contributed by atoms with E-state index in [1.54, 1.807) is 36.2 Å². The third-order valence-electron chi connectivity index (χ3n) is 4.79. The van der Waals surface area contributed by atoms with Crippen LogP contribution >= 0.6 is 15.9 Å². The van der Waals surface area contributed by atoms with E-state index in [0.717, 1.165) is 15.7 Å². The molecule has 0 saturated carbocycles. The maximum Gasteiger partial charge on any atom is 0.262 e. The molecular formula is C25H25BrN2O3. The molecule has 3 aromatic rings. The monoisotopic (exact) mass is 480 g/mol. The third kappa shape index (κ3) is 5.95. The minimum atomic E-state index is -0.293. The van der Waals surface area contributed by atoms with Crippen molar-refractivity contribution in [3.05, 3.63) is 88.4 Å². The fraction of sp³-hybridized carbons (Fsp3) is 0.200. The molecule has 0 bridgehead atoms. The fourth-order valence-corrected chi connectivity index (χ4v) is 3.51. The minimum absolute atomic E-state index is 0.122. The highest BCUT2D eigenvalue weighted by Crippen LogP contribution is 2.29. The van der Waals surface area contributed by atoms with Gasteiger partial charge in [0.2, 0.25) is 0 Å². The van der Waals surface area contributed by atoms with Crippen molar-refractivity contribution in [2.75, 3.05) is 23.9 Å². The summed E-state index contributed by atoms with van der Waals surface area (Å²) >= 11 is 3.47. The summed E-state index contributed by atoms with van der Waals surface area (Å²) in [5.41, 5.74) is 2.85. The van der Waals surface area contributed by atoms with Gasteiger partial charge in [-0.2, -0.15) is 0 Å². The Bertz CT molecular complexity index is 1070. The van der Waals surface area contributed by atoms with Gasteiger partial charge in [0.25, 0.3) is 11.8 Å². The number of carbonyl (C=O) groups is 2. The van der Waals surface area contributed by atoms with Crippen LogP contribution in [-0.2, 0) is 4.79 Å². The number of halogens is 1. The van der Waals surface area contributed by atoms with Gasteiger partial charge in [-0.05, 0) is 60.0 Å². The third-order valence-corrected chi connectivity index (χ3v) is 5.29. The molecule has 0 unspecified atom stereocenters. The molecule has 0 aliphatic heterocycles. The van der Waals surface area contributed by atoms with Crippen LogP contribution < -0.4 is 15.0 Å². The summed E-state index contributed by atoms with van der Waals surface area (Å²) in [5.74, 6) is 0.496. The normalized spacial score (nSPS) is 10.6. The van der Waals surface area contributed by atoms with Gasteiger partial charge in [-0.1, -0.05) is 54.0 Å². The van der Waals surface area contributed by atoms with Gasteiger partial charge >= 0.3 is 0 Å². The van der Waals surface area contributed by atoms with Gasteiger partial charge in [-0.25, -0.2) is 0 Å². The van der Waals surface area contributed by atoms with E-state index in [-0.39, 0.29) is 24.3 Å². The maximum absolute atomic E-state index is 12.8. The predicted molar refractivity (Wildman–Crippen MR) is 128 cm³/mol. The number of para-hydroxylation sites is 1. The van der Waals surface area contributed by atoms with Crippen molar-refractivity contribution in [1.82, 2.24) is 0 Å². The molecule has 0 aromatic heterocycles. The average Bonchev–Trinajstić information content (AvgIpc) is 2.78. The first-order valence-electron chi connectivity index (χ1n) is 10.0. The highest BCUT2D eigenvalue weighted by molar-refractivity contribution is 9.10. The van der Waals surface area contributed by atoms with Crippen molar-refractivity contribution < 1.29 is 14.3 Å². The van der Waals surface area contributed by atoms with E-state index in [1.807, 2.05) is 48.5 Å². The smallest absolute Gasteiger partial charge is 0.262 e. The summed E-state index contributed by atoms with van der Waals surface area (Å²) in [6, 6.07) is 22.0.